The zero-order valence-electron chi connectivity index (χ0n) is 17.9. The van der Waals surface area contributed by atoms with E-state index >= 15 is 0 Å². The van der Waals surface area contributed by atoms with Crippen LogP contribution in [-0.4, -0.2) is 32.5 Å². The second-order valence-electron chi connectivity index (χ2n) is 7.13. The molecule has 160 valence electrons. The minimum atomic E-state index is -0.487. The van der Waals surface area contributed by atoms with Gasteiger partial charge in [-0.25, -0.2) is 15.0 Å². The quantitative estimate of drug-likeness (QED) is 0.523. The van der Waals surface area contributed by atoms with Crippen molar-refractivity contribution in [1.82, 2.24) is 19.5 Å². The van der Waals surface area contributed by atoms with Gasteiger partial charge >= 0.3 is 0 Å². The first-order valence-corrected chi connectivity index (χ1v) is 9.90. The van der Waals surface area contributed by atoms with Crippen molar-refractivity contribution < 1.29 is 9.53 Å². The number of nitrogens with one attached hydrogen (secondary N) is 1. The lowest BCUT2D eigenvalue weighted by Crippen LogP contribution is -2.29. The van der Waals surface area contributed by atoms with Gasteiger partial charge in [0.1, 0.15) is 11.4 Å². The van der Waals surface area contributed by atoms with E-state index < -0.39 is 11.5 Å². The van der Waals surface area contributed by atoms with Gasteiger partial charge in [-0.05, 0) is 49.7 Å². The molecule has 0 aliphatic heterocycles. The molecule has 32 heavy (non-hydrogen) atoms. The van der Waals surface area contributed by atoms with E-state index in [0.717, 1.165) is 11.3 Å². The van der Waals surface area contributed by atoms with Crippen LogP contribution < -0.4 is 15.6 Å². The molecule has 8 heteroatoms. The molecule has 0 fully saturated rings. The first-order valence-electron chi connectivity index (χ1n) is 9.90. The number of aryl methyl sites for hydroxylation is 2. The molecule has 8 nitrogen and oxygen atoms in total. The molecule has 3 heterocycles. The number of aromatic nitrogens is 4. The largest absolute Gasteiger partial charge is 0.481 e. The maximum absolute atomic E-state index is 13.1. The molecule has 1 aromatic carbocycles. The van der Waals surface area contributed by atoms with E-state index in [2.05, 4.69) is 20.3 Å². The molecule has 0 unspecified atom stereocenters. The van der Waals surface area contributed by atoms with Crippen LogP contribution in [0.3, 0.4) is 0 Å². The number of carbonyl (C=O) groups is 1. The van der Waals surface area contributed by atoms with E-state index in [1.165, 1.54) is 17.9 Å². The van der Waals surface area contributed by atoms with Gasteiger partial charge in [0.25, 0.3) is 11.5 Å². The number of methoxy groups -OCH3 is 1. The van der Waals surface area contributed by atoms with Crippen molar-refractivity contribution in [3.05, 3.63) is 94.4 Å². The van der Waals surface area contributed by atoms with Crippen molar-refractivity contribution in [3.63, 3.8) is 0 Å². The number of carbonyl (C=O) groups excluding carboxylic acids is 1. The number of benzene rings is 1. The molecule has 1 N–H and O–H groups in total. The van der Waals surface area contributed by atoms with E-state index in [4.69, 9.17) is 4.74 Å². The molecular weight excluding hydrogens is 406 g/mol. The van der Waals surface area contributed by atoms with Gasteiger partial charge in [0, 0.05) is 29.7 Å². The Morgan fingerprint density at radius 1 is 1.06 bits per heavy atom. The van der Waals surface area contributed by atoms with Crippen molar-refractivity contribution in [2.75, 3.05) is 12.4 Å². The molecule has 0 aliphatic rings. The molecule has 0 atom stereocenters. The maximum atomic E-state index is 13.1. The van der Waals surface area contributed by atoms with Gasteiger partial charge in [-0.2, -0.15) is 0 Å². The number of hydrogen-bond donors (Lipinski definition) is 1. The Hall–Kier alpha value is -4.33. The van der Waals surface area contributed by atoms with E-state index in [0.29, 0.717) is 28.6 Å². The highest BCUT2D eigenvalue weighted by Gasteiger charge is 2.17. The summed E-state index contributed by atoms with van der Waals surface area (Å²) in [5, 5.41) is 2.83. The third kappa shape index (κ3) is 4.24. The second kappa shape index (κ2) is 8.81. The van der Waals surface area contributed by atoms with Crippen LogP contribution in [0.25, 0.3) is 16.9 Å². The molecule has 0 spiro atoms. The summed E-state index contributed by atoms with van der Waals surface area (Å²) < 4.78 is 6.44. The average molecular weight is 427 g/mol. The lowest BCUT2D eigenvalue weighted by molar-refractivity contribution is 0.102. The minimum Gasteiger partial charge on any atom is -0.481 e. The SMILES string of the molecule is COc1ccc(-n2ccc(C)c(C(=O)Nc3cccc(-c4ccnc(C)n4)c3)c2=O)cn1. The highest BCUT2D eigenvalue weighted by molar-refractivity contribution is 6.05. The third-order valence-corrected chi connectivity index (χ3v) is 4.93. The number of ether oxygens (including phenoxy) is 1. The summed E-state index contributed by atoms with van der Waals surface area (Å²) in [7, 11) is 1.52. The van der Waals surface area contributed by atoms with Gasteiger partial charge in [-0.15, -0.1) is 0 Å². The van der Waals surface area contributed by atoms with E-state index in [1.807, 2.05) is 25.1 Å². The number of pyridine rings is 2. The fraction of sp³-hybridized carbons (Fsp3) is 0.125. The fourth-order valence-corrected chi connectivity index (χ4v) is 3.31. The lowest BCUT2D eigenvalue weighted by Gasteiger charge is -2.12. The first kappa shape index (κ1) is 20.9. The van der Waals surface area contributed by atoms with Crippen LogP contribution in [0.1, 0.15) is 21.7 Å². The van der Waals surface area contributed by atoms with Gasteiger partial charge in [0.15, 0.2) is 0 Å². The van der Waals surface area contributed by atoms with Crippen LogP contribution in [0, 0.1) is 13.8 Å². The van der Waals surface area contributed by atoms with E-state index in [9.17, 15) is 9.59 Å². The van der Waals surface area contributed by atoms with Crippen molar-refractivity contribution >= 4 is 11.6 Å². The Balaban J connectivity index is 1.65. The molecule has 0 saturated carbocycles. The van der Waals surface area contributed by atoms with Crippen LogP contribution in [0.15, 0.2) is 71.9 Å². The zero-order valence-corrected chi connectivity index (χ0v) is 17.9. The topological polar surface area (TPSA) is 99.0 Å². The molecule has 0 saturated heterocycles. The van der Waals surface area contributed by atoms with Gasteiger partial charge in [-0.1, -0.05) is 12.1 Å². The standard InChI is InChI=1S/C24H21N5O3/c1-15-10-12-29(19-7-8-21(32-3)26-14-19)24(31)22(15)23(30)28-18-6-4-5-17(13-18)20-9-11-25-16(2)27-20/h4-14H,1-3H3,(H,28,30). The molecule has 0 aliphatic carbocycles. The maximum Gasteiger partial charge on any atom is 0.268 e. The molecular formula is C24H21N5O3. The molecule has 0 radical (unpaired) electrons. The zero-order chi connectivity index (χ0) is 22.7. The van der Waals surface area contributed by atoms with Crippen LogP contribution in [0.4, 0.5) is 5.69 Å². The summed E-state index contributed by atoms with van der Waals surface area (Å²) in [5.41, 5.74) is 2.88. The summed E-state index contributed by atoms with van der Waals surface area (Å²) in [4.78, 5) is 38.8. The molecule has 3 aromatic heterocycles. The van der Waals surface area contributed by atoms with E-state index in [-0.39, 0.29) is 5.56 Å². The third-order valence-electron chi connectivity index (χ3n) is 4.93. The van der Waals surface area contributed by atoms with Crippen molar-refractivity contribution in [2.24, 2.45) is 0 Å². The Morgan fingerprint density at radius 3 is 2.62 bits per heavy atom. The number of anilines is 1. The monoisotopic (exact) mass is 427 g/mol. The highest BCUT2D eigenvalue weighted by Crippen LogP contribution is 2.21. The minimum absolute atomic E-state index is 0.0617. The fourth-order valence-electron chi connectivity index (χ4n) is 3.31. The van der Waals surface area contributed by atoms with Crippen LogP contribution >= 0.6 is 0 Å². The Morgan fingerprint density at radius 2 is 1.91 bits per heavy atom. The van der Waals surface area contributed by atoms with Crippen molar-refractivity contribution in [1.29, 1.82) is 0 Å². The summed E-state index contributed by atoms with van der Waals surface area (Å²) in [6.07, 6.45) is 4.83. The summed E-state index contributed by atoms with van der Waals surface area (Å²) in [6.45, 7) is 3.55. The molecule has 1 amide bonds. The van der Waals surface area contributed by atoms with Crippen LogP contribution in [0.2, 0.25) is 0 Å². The van der Waals surface area contributed by atoms with Gasteiger partial charge in [-0.3, -0.25) is 14.2 Å². The predicted molar refractivity (Wildman–Crippen MR) is 121 cm³/mol. The van der Waals surface area contributed by atoms with Crippen molar-refractivity contribution in [2.45, 2.75) is 13.8 Å². The molecule has 4 aromatic rings. The Kier molecular flexibility index (Phi) is 5.76. The Bertz CT molecular complexity index is 1350. The second-order valence-corrected chi connectivity index (χ2v) is 7.13. The van der Waals surface area contributed by atoms with Gasteiger partial charge in [0.05, 0.1) is 24.7 Å². The number of nitrogens with zero attached hydrogens (tertiary/aromatic N) is 4. The summed E-state index contributed by atoms with van der Waals surface area (Å²) >= 11 is 0. The van der Waals surface area contributed by atoms with Crippen LogP contribution in [-0.2, 0) is 0 Å². The molecule has 0 bridgehead atoms. The number of hydrogen-bond acceptors (Lipinski definition) is 6. The smallest absolute Gasteiger partial charge is 0.268 e. The summed E-state index contributed by atoms with van der Waals surface area (Å²) in [5.74, 6) is 0.607. The van der Waals surface area contributed by atoms with Crippen molar-refractivity contribution in [3.8, 4) is 22.8 Å². The average Bonchev–Trinajstić information content (AvgIpc) is 2.79. The first-order chi connectivity index (χ1) is 15.5. The van der Waals surface area contributed by atoms with E-state index in [1.54, 1.807) is 49.6 Å². The number of amides is 1. The predicted octanol–water partition coefficient (Wildman–Crippen LogP) is 3.57. The Labute approximate surface area is 184 Å². The normalized spacial score (nSPS) is 10.6. The lowest BCUT2D eigenvalue weighted by atomic mass is 10.1. The molecule has 4 rings (SSSR count). The highest BCUT2D eigenvalue weighted by atomic mass is 16.5. The summed E-state index contributed by atoms with van der Waals surface area (Å²) in [6, 6.07) is 14.2. The van der Waals surface area contributed by atoms with Gasteiger partial charge < -0.3 is 10.1 Å². The van der Waals surface area contributed by atoms with Crippen LogP contribution in [0.5, 0.6) is 5.88 Å². The number of rotatable bonds is 5. The van der Waals surface area contributed by atoms with Gasteiger partial charge in [0.2, 0.25) is 5.88 Å².